The van der Waals surface area contributed by atoms with E-state index in [9.17, 15) is 0 Å². The van der Waals surface area contributed by atoms with Crippen molar-refractivity contribution in [3.63, 3.8) is 0 Å². The molecule has 252 valence electrons. The van der Waals surface area contributed by atoms with E-state index in [4.69, 9.17) is 8.83 Å². The Morgan fingerprint density at radius 1 is 0.333 bits per heavy atom. The molecule has 0 amide bonds. The Labute approximate surface area is 316 Å². The second kappa shape index (κ2) is 10.6. The first kappa shape index (κ1) is 29.2. The van der Waals surface area contributed by atoms with E-state index >= 15 is 0 Å². The SMILES string of the molecule is c1ccc2c(c1)oc1ccc(-n3c4ccccc4c4ccc5c(c43)Sc3ccc4c6ccccc6n(-c6ccc7oc8ccccc8c7c6)c4c3S5)cc12. The Morgan fingerprint density at radius 2 is 0.741 bits per heavy atom. The molecule has 4 aromatic heterocycles. The summed E-state index contributed by atoms with van der Waals surface area (Å²) in [6.07, 6.45) is 0. The average molecular weight is 727 g/mol. The topological polar surface area (TPSA) is 36.1 Å². The summed E-state index contributed by atoms with van der Waals surface area (Å²) in [5.74, 6) is 0. The highest BCUT2D eigenvalue weighted by Gasteiger charge is 2.28. The van der Waals surface area contributed by atoms with Crippen LogP contribution in [0.25, 0.3) is 98.9 Å². The van der Waals surface area contributed by atoms with Crippen molar-refractivity contribution in [2.24, 2.45) is 0 Å². The third-order valence-electron chi connectivity index (χ3n) is 11.2. The molecular formula is C48H26N2O2S2. The minimum atomic E-state index is 0.904. The van der Waals surface area contributed by atoms with Crippen molar-refractivity contribution in [3.05, 3.63) is 158 Å². The molecule has 6 heteroatoms. The molecule has 13 rings (SSSR count). The van der Waals surface area contributed by atoms with E-state index in [0.29, 0.717) is 0 Å². The molecule has 0 bridgehead atoms. The third kappa shape index (κ3) is 3.86. The fourth-order valence-electron chi connectivity index (χ4n) is 8.84. The number of rotatable bonds is 2. The molecule has 0 radical (unpaired) electrons. The van der Waals surface area contributed by atoms with Crippen molar-refractivity contribution in [2.75, 3.05) is 0 Å². The van der Waals surface area contributed by atoms with Gasteiger partial charge in [-0.2, -0.15) is 0 Å². The average Bonchev–Trinajstić information content (AvgIpc) is 3.97. The summed E-state index contributed by atoms with van der Waals surface area (Å²) in [4.78, 5) is 5.09. The molecule has 0 spiro atoms. The van der Waals surface area contributed by atoms with Crippen LogP contribution in [0, 0.1) is 0 Å². The highest BCUT2D eigenvalue weighted by molar-refractivity contribution is 8.05. The predicted molar refractivity (Wildman–Crippen MR) is 224 cm³/mol. The first-order valence-electron chi connectivity index (χ1n) is 18.1. The molecule has 0 saturated heterocycles. The molecule has 54 heavy (non-hydrogen) atoms. The standard InChI is InChI=1S/C48H26N2O2S2/c1-5-13-37-29(9-1)33-19-23-43-47(45(33)49(37)27-17-21-41-35(25-27)31-11-3-7-15-39(31)51-41)53-44-24-20-34-30-10-2-6-14-38(30)50(46(34)48(44)54-43)28-18-22-42-36(26-28)32-12-4-8-16-40(32)52-42/h1-26H. The van der Waals surface area contributed by atoms with Crippen LogP contribution in [-0.4, -0.2) is 9.13 Å². The molecule has 5 heterocycles. The van der Waals surface area contributed by atoms with Crippen LogP contribution < -0.4 is 0 Å². The lowest BCUT2D eigenvalue weighted by molar-refractivity contribution is 0.668. The summed E-state index contributed by atoms with van der Waals surface area (Å²) < 4.78 is 17.4. The van der Waals surface area contributed by atoms with E-state index in [1.807, 2.05) is 47.8 Å². The van der Waals surface area contributed by atoms with Gasteiger partial charge in [-0.15, -0.1) is 0 Å². The summed E-state index contributed by atoms with van der Waals surface area (Å²) in [6.45, 7) is 0. The van der Waals surface area contributed by atoms with Gasteiger partial charge in [-0.25, -0.2) is 0 Å². The van der Waals surface area contributed by atoms with E-state index in [0.717, 1.165) is 55.3 Å². The lowest BCUT2D eigenvalue weighted by Gasteiger charge is -2.22. The van der Waals surface area contributed by atoms with Crippen molar-refractivity contribution < 1.29 is 8.83 Å². The lowest BCUT2D eigenvalue weighted by Crippen LogP contribution is -2.00. The Morgan fingerprint density at radius 3 is 1.22 bits per heavy atom. The molecule has 0 fully saturated rings. The number of furan rings is 2. The summed E-state index contributed by atoms with van der Waals surface area (Å²) in [5, 5.41) is 9.54. The monoisotopic (exact) mass is 726 g/mol. The molecule has 0 atom stereocenters. The predicted octanol–water partition coefficient (Wildman–Crippen LogP) is 14.3. The highest BCUT2D eigenvalue weighted by atomic mass is 32.2. The van der Waals surface area contributed by atoms with Crippen LogP contribution in [0.15, 0.2) is 186 Å². The normalized spacial score (nSPS) is 13.0. The van der Waals surface area contributed by atoms with Gasteiger partial charge in [0, 0.05) is 64.3 Å². The number of hydrogen-bond acceptors (Lipinski definition) is 4. The van der Waals surface area contributed by atoms with E-state index < -0.39 is 0 Å². The molecule has 4 nitrogen and oxygen atoms in total. The van der Waals surface area contributed by atoms with Crippen molar-refractivity contribution in [3.8, 4) is 11.4 Å². The second-order valence-corrected chi connectivity index (χ2v) is 16.1. The zero-order valence-corrected chi connectivity index (χ0v) is 30.2. The Bertz CT molecular complexity index is 3340. The number of aromatic nitrogens is 2. The van der Waals surface area contributed by atoms with Crippen molar-refractivity contribution in [1.29, 1.82) is 0 Å². The van der Waals surface area contributed by atoms with Crippen LogP contribution in [0.2, 0.25) is 0 Å². The van der Waals surface area contributed by atoms with Crippen LogP contribution in [0.5, 0.6) is 0 Å². The van der Waals surface area contributed by atoms with Gasteiger partial charge < -0.3 is 18.0 Å². The van der Waals surface area contributed by atoms with Gasteiger partial charge in [-0.05, 0) is 72.8 Å². The maximum absolute atomic E-state index is 6.24. The van der Waals surface area contributed by atoms with E-state index in [1.54, 1.807) is 0 Å². The van der Waals surface area contributed by atoms with E-state index in [2.05, 4.69) is 143 Å². The Balaban J connectivity index is 1.06. The summed E-state index contributed by atoms with van der Waals surface area (Å²) in [5.41, 5.74) is 10.8. The second-order valence-electron chi connectivity index (χ2n) is 14.0. The molecular weight excluding hydrogens is 701 g/mol. The van der Waals surface area contributed by atoms with Crippen LogP contribution in [0.1, 0.15) is 0 Å². The maximum atomic E-state index is 6.24. The molecule has 12 aromatic rings. The fraction of sp³-hybridized carbons (Fsp3) is 0. The number of hydrogen-bond donors (Lipinski definition) is 0. The van der Waals surface area contributed by atoms with Crippen LogP contribution >= 0.6 is 23.5 Å². The van der Waals surface area contributed by atoms with Gasteiger partial charge in [-0.3, -0.25) is 0 Å². The van der Waals surface area contributed by atoms with Crippen molar-refractivity contribution >= 4 is 111 Å². The molecule has 0 unspecified atom stereocenters. The quantitative estimate of drug-likeness (QED) is 0.178. The molecule has 1 aliphatic rings. The Kier molecular flexibility index (Phi) is 5.74. The summed E-state index contributed by atoms with van der Waals surface area (Å²) in [7, 11) is 0. The van der Waals surface area contributed by atoms with Gasteiger partial charge in [0.2, 0.25) is 0 Å². The minimum Gasteiger partial charge on any atom is -0.456 e. The zero-order valence-electron chi connectivity index (χ0n) is 28.5. The number of fused-ring (bicyclic) bond motifs is 16. The van der Waals surface area contributed by atoms with Gasteiger partial charge in [0.1, 0.15) is 22.3 Å². The highest BCUT2D eigenvalue weighted by Crippen LogP contribution is 2.55. The summed E-state index contributed by atoms with van der Waals surface area (Å²) in [6, 6.07) is 56.8. The largest absolute Gasteiger partial charge is 0.456 e. The molecule has 0 aliphatic carbocycles. The number of benzene rings is 8. The van der Waals surface area contributed by atoms with Crippen molar-refractivity contribution in [1.82, 2.24) is 9.13 Å². The van der Waals surface area contributed by atoms with Gasteiger partial charge in [-0.1, -0.05) is 108 Å². The summed E-state index contributed by atoms with van der Waals surface area (Å²) >= 11 is 3.78. The maximum Gasteiger partial charge on any atom is 0.135 e. The zero-order chi connectivity index (χ0) is 35.1. The first-order valence-corrected chi connectivity index (χ1v) is 19.7. The number of nitrogens with zero attached hydrogens (tertiary/aromatic N) is 2. The van der Waals surface area contributed by atoms with Crippen LogP contribution in [0.4, 0.5) is 0 Å². The van der Waals surface area contributed by atoms with Crippen LogP contribution in [0.3, 0.4) is 0 Å². The van der Waals surface area contributed by atoms with E-state index in [-0.39, 0.29) is 0 Å². The molecule has 8 aromatic carbocycles. The first-order chi connectivity index (χ1) is 26.8. The smallest absolute Gasteiger partial charge is 0.135 e. The van der Waals surface area contributed by atoms with Gasteiger partial charge >= 0.3 is 0 Å². The van der Waals surface area contributed by atoms with Gasteiger partial charge in [0.15, 0.2) is 0 Å². The van der Waals surface area contributed by atoms with Crippen molar-refractivity contribution in [2.45, 2.75) is 19.6 Å². The number of para-hydroxylation sites is 4. The van der Waals surface area contributed by atoms with E-state index in [1.165, 1.54) is 63.2 Å². The third-order valence-corrected chi connectivity index (χ3v) is 13.8. The molecule has 1 aliphatic heterocycles. The lowest BCUT2D eigenvalue weighted by atomic mass is 10.1. The fourth-order valence-corrected chi connectivity index (χ4v) is 11.4. The molecule has 0 saturated carbocycles. The minimum absolute atomic E-state index is 0.904. The van der Waals surface area contributed by atoms with Gasteiger partial charge in [0.25, 0.3) is 0 Å². The Hall–Kier alpha value is -6.34. The van der Waals surface area contributed by atoms with Crippen LogP contribution in [-0.2, 0) is 0 Å². The van der Waals surface area contributed by atoms with Gasteiger partial charge in [0.05, 0.1) is 31.9 Å². The molecule has 0 N–H and O–H groups in total.